The number of rotatable bonds is 2. The van der Waals surface area contributed by atoms with Crippen molar-refractivity contribution in [2.45, 2.75) is 0 Å². The molecule has 0 radical (unpaired) electrons. The first-order chi connectivity index (χ1) is 7.24. The van der Waals surface area contributed by atoms with Crippen molar-refractivity contribution >= 4 is 45.7 Å². The summed E-state index contributed by atoms with van der Waals surface area (Å²) in [5.74, 6) is 0.681. The van der Waals surface area contributed by atoms with Crippen molar-refractivity contribution in [1.82, 2.24) is 10.2 Å². The Hall–Kier alpha value is -0.880. The summed E-state index contributed by atoms with van der Waals surface area (Å²) in [5, 5.41) is 11.2. The van der Waals surface area contributed by atoms with Gasteiger partial charge in [0, 0.05) is 9.26 Å². The minimum Gasteiger partial charge on any atom is -0.339 e. The Morgan fingerprint density at radius 1 is 1.00 bits per heavy atom. The van der Waals surface area contributed by atoms with Crippen LogP contribution in [0.2, 0.25) is 5.15 Å². The number of hydrogen-bond acceptors (Lipinski definition) is 3. The van der Waals surface area contributed by atoms with Gasteiger partial charge in [-0.2, -0.15) is 0 Å². The molecule has 0 aliphatic carbocycles. The number of aromatic nitrogens is 2. The van der Waals surface area contributed by atoms with E-state index < -0.39 is 0 Å². The Morgan fingerprint density at radius 2 is 1.73 bits per heavy atom. The molecule has 0 amide bonds. The monoisotopic (exact) mass is 331 g/mol. The first-order valence-corrected chi connectivity index (χ1v) is 5.71. The summed E-state index contributed by atoms with van der Waals surface area (Å²) in [6, 6.07) is 11.5. The molecule has 1 heterocycles. The minimum absolute atomic E-state index is 0.392. The third kappa shape index (κ3) is 3.04. The summed E-state index contributed by atoms with van der Waals surface area (Å²) < 4.78 is 1.19. The largest absolute Gasteiger partial charge is 0.339 e. The van der Waals surface area contributed by atoms with Crippen LogP contribution in [0.5, 0.6) is 0 Å². The number of nitrogens with zero attached hydrogens (tertiary/aromatic N) is 2. The van der Waals surface area contributed by atoms with E-state index in [2.05, 4.69) is 38.1 Å². The van der Waals surface area contributed by atoms with Crippen LogP contribution in [-0.4, -0.2) is 10.2 Å². The SMILES string of the molecule is Clc1ccc(Nc2ccc(I)cc2)nn1. The van der Waals surface area contributed by atoms with E-state index in [9.17, 15) is 0 Å². The van der Waals surface area contributed by atoms with E-state index in [4.69, 9.17) is 11.6 Å². The smallest absolute Gasteiger partial charge is 0.153 e. The molecule has 0 fully saturated rings. The van der Waals surface area contributed by atoms with Crippen molar-refractivity contribution in [2.24, 2.45) is 0 Å². The molecule has 0 atom stereocenters. The van der Waals surface area contributed by atoms with Crippen LogP contribution in [0.25, 0.3) is 0 Å². The van der Waals surface area contributed by atoms with E-state index >= 15 is 0 Å². The first-order valence-electron chi connectivity index (χ1n) is 4.26. The zero-order valence-corrected chi connectivity index (χ0v) is 10.5. The number of anilines is 2. The maximum Gasteiger partial charge on any atom is 0.153 e. The summed E-state index contributed by atoms with van der Waals surface area (Å²) in [4.78, 5) is 0. The van der Waals surface area contributed by atoms with E-state index in [0.717, 1.165) is 5.69 Å². The average Bonchev–Trinajstić information content (AvgIpc) is 2.25. The van der Waals surface area contributed by atoms with Gasteiger partial charge in [-0.15, -0.1) is 10.2 Å². The fourth-order valence-electron chi connectivity index (χ4n) is 1.06. The van der Waals surface area contributed by atoms with Gasteiger partial charge in [-0.25, -0.2) is 0 Å². The van der Waals surface area contributed by atoms with Crippen LogP contribution in [-0.2, 0) is 0 Å². The van der Waals surface area contributed by atoms with Gasteiger partial charge in [0.15, 0.2) is 11.0 Å². The van der Waals surface area contributed by atoms with Gasteiger partial charge in [0.2, 0.25) is 0 Å². The van der Waals surface area contributed by atoms with Crippen molar-refractivity contribution in [3.05, 3.63) is 45.1 Å². The molecule has 76 valence electrons. The lowest BCUT2D eigenvalue weighted by Crippen LogP contribution is -1.94. The quantitative estimate of drug-likeness (QED) is 0.856. The van der Waals surface area contributed by atoms with Crippen molar-refractivity contribution in [3.63, 3.8) is 0 Å². The van der Waals surface area contributed by atoms with Gasteiger partial charge in [-0.1, -0.05) is 11.6 Å². The maximum atomic E-state index is 5.63. The average molecular weight is 332 g/mol. The van der Waals surface area contributed by atoms with Crippen molar-refractivity contribution in [1.29, 1.82) is 0 Å². The molecule has 1 aromatic heterocycles. The molecule has 0 saturated carbocycles. The number of benzene rings is 1. The molecule has 5 heteroatoms. The highest BCUT2D eigenvalue weighted by molar-refractivity contribution is 14.1. The Morgan fingerprint density at radius 3 is 2.33 bits per heavy atom. The van der Waals surface area contributed by atoms with E-state index in [1.165, 1.54) is 3.57 Å². The second-order valence-corrected chi connectivity index (χ2v) is 4.51. The molecule has 0 unspecified atom stereocenters. The topological polar surface area (TPSA) is 37.8 Å². The zero-order chi connectivity index (χ0) is 10.7. The van der Waals surface area contributed by atoms with Gasteiger partial charge >= 0.3 is 0 Å². The highest BCUT2D eigenvalue weighted by Crippen LogP contribution is 2.16. The summed E-state index contributed by atoms with van der Waals surface area (Å²) in [6.45, 7) is 0. The minimum atomic E-state index is 0.392. The van der Waals surface area contributed by atoms with Crippen molar-refractivity contribution in [3.8, 4) is 0 Å². The summed E-state index contributed by atoms with van der Waals surface area (Å²) >= 11 is 7.89. The standard InChI is InChI=1S/C10H7ClIN3/c11-9-5-6-10(15-14-9)13-8-3-1-7(12)2-4-8/h1-6H,(H,13,15). The second-order valence-electron chi connectivity index (χ2n) is 2.87. The Labute approximate surface area is 106 Å². The fraction of sp³-hybridized carbons (Fsp3) is 0. The lowest BCUT2D eigenvalue weighted by molar-refractivity contribution is 1.04. The van der Waals surface area contributed by atoms with Gasteiger partial charge in [0.05, 0.1) is 0 Å². The molecule has 0 saturated heterocycles. The summed E-state index contributed by atoms with van der Waals surface area (Å²) in [5.41, 5.74) is 0.979. The Kier molecular flexibility index (Phi) is 3.37. The predicted octanol–water partition coefficient (Wildman–Crippen LogP) is 3.48. The van der Waals surface area contributed by atoms with Crippen LogP contribution in [0.1, 0.15) is 0 Å². The Bertz CT molecular complexity index is 398. The fourth-order valence-corrected chi connectivity index (χ4v) is 1.52. The van der Waals surface area contributed by atoms with Crippen LogP contribution >= 0.6 is 34.2 Å². The molecule has 0 aliphatic heterocycles. The highest BCUT2D eigenvalue weighted by atomic mass is 127. The molecule has 1 aromatic carbocycles. The maximum absolute atomic E-state index is 5.63. The molecule has 0 bridgehead atoms. The molecule has 0 spiro atoms. The molecule has 15 heavy (non-hydrogen) atoms. The lowest BCUT2D eigenvalue weighted by atomic mass is 10.3. The van der Waals surface area contributed by atoms with Gasteiger partial charge < -0.3 is 5.32 Å². The lowest BCUT2D eigenvalue weighted by Gasteiger charge is -2.04. The zero-order valence-electron chi connectivity index (χ0n) is 7.61. The molecular weight excluding hydrogens is 324 g/mol. The third-order valence-electron chi connectivity index (χ3n) is 1.75. The number of halogens is 2. The van der Waals surface area contributed by atoms with Gasteiger partial charge in [-0.05, 0) is 59.0 Å². The van der Waals surface area contributed by atoms with Crippen molar-refractivity contribution in [2.75, 3.05) is 5.32 Å². The number of nitrogens with one attached hydrogen (secondary N) is 1. The van der Waals surface area contributed by atoms with Crippen molar-refractivity contribution < 1.29 is 0 Å². The predicted molar refractivity (Wildman–Crippen MR) is 69.5 cm³/mol. The van der Waals surface area contributed by atoms with Crippen LogP contribution in [0, 0.1) is 3.57 Å². The van der Waals surface area contributed by atoms with Crippen LogP contribution < -0.4 is 5.32 Å². The highest BCUT2D eigenvalue weighted by Gasteiger charge is 1.96. The number of hydrogen-bond donors (Lipinski definition) is 1. The van der Waals surface area contributed by atoms with Crippen LogP contribution in [0.4, 0.5) is 11.5 Å². The van der Waals surface area contributed by atoms with Gasteiger partial charge in [0.1, 0.15) is 0 Å². The molecular formula is C10H7ClIN3. The summed E-state index contributed by atoms with van der Waals surface area (Å²) in [7, 11) is 0. The van der Waals surface area contributed by atoms with E-state index in [1.54, 1.807) is 12.1 Å². The summed E-state index contributed by atoms with van der Waals surface area (Å²) in [6.07, 6.45) is 0. The Balaban J connectivity index is 2.15. The molecule has 0 aliphatic rings. The van der Waals surface area contributed by atoms with Crippen LogP contribution in [0.3, 0.4) is 0 Å². The molecule has 1 N–H and O–H groups in total. The van der Waals surface area contributed by atoms with Crippen LogP contribution in [0.15, 0.2) is 36.4 Å². The molecule has 3 nitrogen and oxygen atoms in total. The van der Waals surface area contributed by atoms with E-state index in [0.29, 0.717) is 11.0 Å². The van der Waals surface area contributed by atoms with Gasteiger partial charge in [0.25, 0.3) is 0 Å². The second kappa shape index (κ2) is 4.76. The normalized spacial score (nSPS) is 10.0. The molecule has 2 rings (SSSR count). The first kappa shape index (κ1) is 10.6. The van der Waals surface area contributed by atoms with E-state index in [1.807, 2.05) is 24.3 Å². The molecule has 2 aromatic rings. The third-order valence-corrected chi connectivity index (χ3v) is 2.67. The van der Waals surface area contributed by atoms with Gasteiger partial charge in [-0.3, -0.25) is 0 Å². The van der Waals surface area contributed by atoms with E-state index in [-0.39, 0.29) is 0 Å².